The lowest BCUT2D eigenvalue weighted by atomic mass is 10.2. The molecule has 0 unspecified atom stereocenters. The molecule has 0 aliphatic carbocycles. The number of hydrogen-bond acceptors (Lipinski definition) is 6. The fourth-order valence-electron chi connectivity index (χ4n) is 2.34. The highest BCUT2D eigenvalue weighted by Gasteiger charge is 2.32. The van der Waals surface area contributed by atoms with Crippen LogP contribution in [0.2, 0.25) is 0 Å². The molecule has 2 aromatic rings. The second-order valence-electron chi connectivity index (χ2n) is 5.61. The molecule has 1 heterocycles. The molecule has 2 atom stereocenters. The molecule has 0 saturated carbocycles. The number of carbonyl (C=O) groups excluding carboxylic acids is 3. The second kappa shape index (κ2) is 8.75. The lowest BCUT2D eigenvalue weighted by molar-refractivity contribution is -0.128. The summed E-state index contributed by atoms with van der Waals surface area (Å²) in [6, 6.07) is 16.8. The van der Waals surface area contributed by atoms with Gasteiger partial charge in [0.25, 0.3) is 0 Å². The first-order valence-corrected chi connectivity index (χ1v) is 9.01. The molecule has 0 aromatic heterocycles. The summed E-state index contributed by atoms with van der Waals surface area (Å²) in [5.41, 5.74) is 0.718. The number of carbonyl (C=O) groups is 3. The summed E-state index contributed by atoms with van der Waals surface area (Å²) < 4.78 is 15.8. The third-order valence-electron chi connectivity index (χ3n) is 3.68. The molecule has 0 saturated heterocycles. The van der Waals surface area contributed by atoms with E-state index in [9.17, 15) is 14.4 Å². The first-order valence-electron chi connectivity index (χ1n) is 8.09. The number of rotatable bonds is 5. The summed E-state index contributed by atoms with van der Waals surface area (Å²) in [5, 5.41) is -0.999. The first kappa shape index (κ1) is 19.0. The van der Waals surface area contributed by atoms with Crippen LogP contribution in [0.3, 0.4) is 0 Å². The maximum absolute atomic E-state index is 12.2. The molecule has 7 heteroatoms. The van der Waals surface area contributed by atoms with Crippen molar-refractivity contribution < 1.29 is 28.6 Å². The Balaban J connectivity index is 1.66. The monoisotopic (exact) mass is 430 g/mol. The van der Waals surface area contributed by atoms with Crippen molar-refractivity contribution in [2.24, 2.45) is 0 Å². The first-order chi connectivity index (χ1) is 13.0. The van der Waals surface area contributed by atoms with Crippen molar-refractivity contribution in [2.75, 3.05) is 6.61 Å². The van der Waals surface area contributed by atoms with E-state index in [1.54, 1.807) is 60.7 Å². The summed E-state index contributed by atoms with van der Waals surface area (Å²) in [7, 11) is 0. The zero-order valence-corrected chi connectivity index (χ0v) is 15.6. The summed E-state index contributed by atoms with van der Waals surface area (Å²) in [6.07, 6.45) is 0.595. The van der Waals surface area contributed by atoms with Crippen LogP contribution in [0.15, 0.2) is 72.5 Å². The number of halogens is 1. The van der Waals surface area contributed by atoms with E-state index in [0.717, 1.165) is 0 Å². The maximum atomic E-state index is 12.2. The number of hydrogen-bond donors (Lipinski definition) is 0. The molecule has 3 rings (SSSR count). The molecule has 0 fully saturated rings. The van der Waals surface area contributed by atoms with E-state index in [2.05, 4.69) is 15.9 Å². The Labute approximate surface area is 163 Å². The van der Waals surface area contributed by atoms with Crippen LogP contribution < -0.4 is 0 Å². The Morgan fingerprint density at radius 1 is 0.926 bits per heavy atom. The van der Waals surface area contributed by atoms with Crippen molar-refractivity contribution in [3.05, 3.63) is 83.6 Å². The van der Waals surface area contributed by atoms with Crippen LogP contribution in [-0.2, 0) is 19.0 Å². The molecule has 2 aromatic carbocycles. The fourth-order valence-corrected chi connectivity index (χ4v) is 2.84. The van der Waals surface area contributed by atoms with Crippen molar-refractivity contribution in [1.82, 2.24) is 0 Å². The molecule has 0 spiro atoms. The highest BCUT2D eigenvalue weighted by molar-refractivity contribution is 9.09. The summed E-state index contributed by atoms with van der Waals surface area (Å²) in [6.45, 7) is -0.129. The third-order valence-corrected chi connectivity index (χ3v) is 4.31. The largest absolute Gasteiger partial charge is 0.459 e. The third kappa shape index (κ3) is 4.90. The van der Waals surface area contributed by atoms with Crippen LogP contribution in [0.1, 0.15) is 20.7 Å². The summed E-state index contributed by atoms with van der Waals surface area (Å²) >= 11 is 3.09. The Hall–Kier alpha value is -2.77. The molecule has 27 heavy (non-hydrogen) atoms. The van der Waals surface area contributed by atoms with E-state index in [1.165, 1.54) is 6.08 Å². The molecule has 0 amide bonds. The maximum Gasteiger partial charge on any atom is 0.343 e. The number of alkyl halides is 1. The van der Waals surface area contributed by atoms with E-state index in [1.807, 2.05) is 0 Å². The van der Waals surface area contributed by atoms with Crippen molar-refractivity contribution in [3.63, 3.8) is 0 Å². The molecular formula is C20H15BrO6. The second-order valence-corrected chi connectivity index (χ2v) is 6.44. The average Bonchev–Trinajstić information content (AvgIpc) is 2.71. The SMILES string of the molecule is O=C(OC[C@H]1C=C(OC(=O)c2ccccc2)C(=O)[C@H](Br)O1)c1ccccc1. The van der Waals surface area contributed by atoms with Crippen LogP contribution in [-0.4, -0.2) is 35.4 Å². The molecule has 0 radical (unpaired) electrons. The zero-order chi connectivity index (χ0) is 19.2. The molecule has 0 N–H and O–H groups in total. The van der Waals surface area contributed by atoms with Crippen molar-refractivity contribution in [1.29, 1.82) is 0 Å². The number of Topliss-reactive ketones (excluding diaryl/α,β-unsaturated/α-hetero) is 1. The Bertz CT molecular complexity index is 863. The van der Waals surface area contributed by atoms with Crippen LogP contribution >= 0.6 is 15.9 Å². The van der Waals surface area contributed by atoms with Gasteiger partial charge in [0.05, 0.1) is 11.1 Å². The van der Waals surface area contributed by atoms with Crippen LogP contribution in [0.5, 0.6) is 0 Å². The van der Waals surface area contributed by atoms with E-state index in [4.69, 9.17) is 14.2 Å². The Morgan fingerprint density at radius 3 is 2.07 bits per heavy atom. The normalized spacial score (nSPS) is 19.1. The van der Waals surface area contributed by atoms with Gasteiger partial charge in [-0.1, -0.05) is 36.4 Å². The van der Waals surface area contributed by atoms with Gasteiger partial charge in [0.2, 0.25) is 5.78 Å². The quantitative estimate of drug-likeness (QED) is 0.534. The standard InChI is InChI=1S/C20H15BrO6/c21-18-17(22)16(27-20(24)14-9-5-2-6-10-14)11-15(26-18)12-25-19(23)13-7-3-1-4-8-13/h1-11,15,18H,12H2/t15-,18-/m1/s1. The van der Waals surface area contributed by atoms with Gasteiger partial charge in [-0.15, -0.1) is 0 Å². The topological polar surface area (TPSA) is 78.9 Å². The van der Waals surface area contributed by atoms with Gasteiger partial charge >= 0.3 is 11.9 Å². The van der Waals surface area contributed by atoms with Crippen molar-refractivity contribution in [3.8, 4) is 0 Å². The summed E-state index contributed by atoms with van der Waals surface area (Å²) in [4.78, 5) is 36.4. The highest BCUT2D eigenvalue weighted by atomic mass is 79.9. The predicted molar refractivity (Wildman–Crippen MR) is 99.3 cm³/mol. The van der Waals surface area contributed by atoms with Gasteiger partial charge in [-0.2, -0.15) is 0 Å². The van der Waals surface area contributed by atoms with Gasteiger partial charge in [-0.05, 0) is 46.3 Å². The summed E-state index contributed by atoms with van der Waals surface area (Å²) in [5.74, 6) is -1.85. The molecule has 0 bridgehead atoms. The number of benzene rings is 2. The van der Waals surface area contributed by atoms with Gasteiger partial charge in [0.1, 0.15) is 12.7 Å². The Kier molecular flexibility index (Phi) is 6.16. The molecular weight excluding hydrogens is 416 g/mol. The zero-order valence-electron chi connectivity index (χ0n) is 14.0. The van der Waals surface area contributed by atoms with E-state index in [-0.39, 0.29) is 12.4 Å². The minimum absolute atomic E-state index is 0.129. The van der Waals surface area contributed by atoms with E-state index < -0.39 is 28.8 Å². The molecule has 138 valence electrons. The van der Waals surface area contributed by atoms with Gasteiger partial charge in [-0.3, -0.25) is 4.79 Å². The average molecular weight is 431 g/mol. The fraction of sp³-hybridized carbons (Fsp3) is 0.150. The van der Waals surface area contributed by atoms with Gasteiger partial charge in [0.15, 0.2) is 10.8 Å². The Morgan fingerprint density at radius 2 is 1.48 bits per heavy atom. The number of esters is 2. The lowest BCUT2D eigenvalue weighted by Crippen LogP contribution is -2.35. The minimum atomic E-state index is -0.999. The van der Waals surface area contributed by atoms with E-state index >= 15 is 0 Å². The molecule has 1 aliphatic rings. The minimum Gasteiger partial charge on any atom is -0.459 e. The van der Waals surface area contributed by atoms with Crippen molar-refractivity contribution >= 4 is 33.7 Å². The number of ketones is 1. The molecule has 6 nitrogen and oxygen atoms in total. The van der Waals surface area contributed by atoms with Gasteiger partial charge in [0, 0.05) is 0 Å². The van der Waals surface area contributed by atoms with E-state index in [0.29, 0.717) is 11.1 Å². The van der Waals surface area contributed by atoms with Gasteiger partial charge in [-0.25, -0.2) is 9.59 Å². The lowest BCUT2D eigenvalue weighted by Gasteiger charge is -2.24. The smallest absolute Gasteiger partial charge is 0.343 e. The van der Waals surface area contributed by atoms with Crippen LogP contribution in [0.4, 0.5) is 0 Å². The van der Waals surface area contributed by atoms with Crippen LogP contribution in [0.25, 0.3) is 0 Å². The van der Waals surface area contributed by atoms with Crippen molar-refractivity contribution in [2.45, 2.75) is 11.1 Å². The predicted octanol–water partition coefficient (Wildman–Crippen LogP) is 3.27. The highest BCUT2D eigenvalue weighted by Crippen LogP contribution is 2.22. The number of ether oxygens (including phenoxy) is 3. The van der Waals surface area contributed by atoms with Crippen LogP contribution in [0, 0.1) is 0 Å². The van der Waals surface area contributed by atoms with Gasteiger partial charge < -0.3 is 14.2 Å². The molecule has 1 aliphatic heterocycles.